The lowest BCUT2D eigenvalue weighted by Gasteiger charge is -2.20. The van der Waals surface area contributed by atoms with E-state index in [1.54, 1.807) is 11.9 Å². The first-order valence-corrected chi connectivity index (χ1v) is 4.86. The number of carbonyl (C=O) groups is 1. The van der Waals surface area contributed by atoms with Crippen molar-refractivity contribution in [3.63, 3.8) is 0 Å². The van der Waals surface area contributed by atoms with Gasteiger partial charge in [0, 0.05) is 20.1 Å². The second-order valence-corrected chi connectivity index (χ2v) is 4.56. The van der Waals surface area contributed by atoms with Gasteiger partial charge in [-0.15, -0.1) is 0 Å². The van der Waals surface area contributed by atoms with Crippen LogP contribution in [0.15, 0.2) is 0 Å². The first kappa shape index (κ1) is 12.3. The van der Waals surface area contributed by atoms with Crippen molar-refractivity contribution in [2.45, 2.75) is 34.1 Å². The van der Waals surface area contributed by atoms with Crippen LogP contribution in [0.3, 0.4) is 0 Å². The maximum Gasteiger partial charge on any atom is 0.317 e. The predicted octanol–water partition coefficient (Wildman–Crippen LogP) is 2.08. The van der Waals surface area contributed by atoms with Crippen molar-refractivity contribution in [2.75, 3.05) is 20.1 Å². The molecule has 0 bridgehead atoms. The monoisotopic (exact) mass is 186 g/mol. The standard InChI is InChI=1S/C10H22N2O/c1-6-12(5)9(13)11-8-7-10(2,3)4/h6-8H2,1-5H3,(H,11,13). The van der Waals surface area contributed by atoms with Crippen molar-refractivity contribution in [2.24, 2.45) is 5.41 Å². The minimum Gasteiger partial charge on any atom is -0.338 e. The molecule has 13 heavy (non-hydrogen) atoms. The van der Waals surface area contributed by atoms with E-state index in [4.69, 9.17) is 0 Å². The summed E-state index contributed by atoms with van der Waals surface area (Å²) in [5, 5.41) is 2.88. The smallest absolute Gasteiger partial charge is 0.317 e. The van der Waals surface area contributed by atoms with Crippen LogP contribution < -0.4 is 5.32 Å². The molecule has 0 rings (SSSR count). The van der Waals surface area contributed by atoms with Gasteiger partial charge in [-0.25, -0.2) is 4.79 Å². The molecule has 0 spiro atoms. The summed E-state index contributed by atoms with van der Waals surface area (Å²) in [6.07, 6.45) is 1.01. The molecule has 1 N–H and O–H groups in total. The topological polar surface area (TPSA) is 32.3 Å². The molecule has 78 valence electrons. The molecule has 0 atom stereocenters. The highest BCUT2D eigenvalue weighted by molar-refractivity contribution is 5.73. The zero-order valence-electron chi connectivity index (χ0n) is 9.48. The molecule has 3 nitrogen and oxygen atoms in total. The normalized spacial score (nSPS) is 11.2. The van der Waals surface area contributed by atoms with Gasteiger partial charge in [0.1, 0.15) is 0 Å². The Balaban J connectivity index is 3.60. The van der Waals surface area contributed by atoms with Crippen molar-refractivity contribution < 1.29 is 4.79 Å². The van der Waals surface area contributed by atoms with Crippen molar-refractivity contribution in [3.8, 4) is 0 Å². The second-order valence-electron chi connectivity index (χ2n) is 4.56. The van der Waals surface area contributed by atoms with E-state index in [0.717, 1.165) is 19.5 Å². The fraction of sp³-hybridized carbons (Fsp3) is 0.900. The van der Waals surface area contributed by atoms with Gasteiger partial charge in [-0.3, -0.25) is 0 Å². The highest BCUT2D eigenvalue weighted by atomic mass is 16.2. The Morgan fingerprint density at radius 1 is 1.38 bits per heavy atom. The van der Waals surface area contributed by atoms with Crippen molar-refractivity contribution in [1.29, 1.82) is 0 Å². The molecule has 0 aliphatic heterocycles. The molecule has 0 heterocycles. The number of hydrogen-bond donors (Lipinski definition) is 1. The van der Waals surface area contributed by atoms with Crippen molar-refractivity contribution in [1.82, 2.24) is 10.2 Å². The molecule has 0 aromatic heterocycles. The third kappa shape index (κ3) is 6.43. The Kier molecular flexibility index (Phi) is 4.81. The zero-order chi connectivity index (χ0) is 10.5. The van der Waals surface area contributed by atoms with Crippen LogP contribution in [-0.4, -0.2) is 31.1 Å². The predicted molar refractivity (Wildman–Crippen MR) is 55.8 cm³/mol. The van der Waals surface area contributed by atoms with Crippen LogP contribution in [0.2, 0.25) is 0 Å². The van der Waals surface area contributed by atoms with Gasteiger partial charge in [-0.05, 0) is 18.8 Å². The van der Waals surface area contributed by atoms with E-state index >= 15 is 0 Å². The van der Waals surface area contributed by atoms with Gasteiger partial charge >= 0.3 is 6.03 Å². The molecule has 3 heteroatoms. The van der Waals surface area contributed by atoms with Gasteiger partial charge in [0.05, 0.1) is 0 Å². The average molecular weight is 186 g/mol. The number of amides is 2. The molecule has 0 aliphatic rings. The Morgan fingerprint density at radius 2 is 1.92 bits per heavy atom. The first-order chi connectivity index (χ1) is 5.87. The van der Waals surface area contributed by atoms with Crippen molar-refractivity contribution in [3.05, 3.63) is 0 Å². The van der Waals surface area contributed by atoms with Crippen molar-refractivity contribution >= 4 is 6.03 Å². The van der Waals surface area contributed by atoms with Crippen LogP contribution in [0, 0.1) is 5.41 Å². The third-order valence-electron chi connectivity index (χ3n) is 1.97. The van der Waals surface area contributed by atoms with Crippen LogP contribution in [0.4, 0.5) is 4.79 Å². The molecule has 0 saturated heterocycles. The quantitative estimate of drug-likeness (QED) is 0.719. The molecule has 0 radical (unpaired) electrons. The van der Waals surface area contributed by atoms with E-state index < -0.39 is 0 Å². The number of rotatable bonds is 3. The number of urea groups is 1. The van der Waals surface area contributed by atoms with E-state index in [1.807, 2.05) is 6.92 Å². The van der Waals surface area contributed by atoms with Crippen LogP contribution >= 0.6 is 0 Å². The lowest BCUT2D eigenvalue weighted by molar-refractivity contribution is 0.209. The van der Waals surface area contributed by atoms with E-state index in [-0.39, 0.29) is 11.4 Å². The van der Waals surface area contributed by atoms with Crippen LogP contribution in [-0.2, 0) is 0 Å². The first-order valence-electron chi connectivity index (χ1n) is 4.86. The highest BCUT2D eigenvalue weighted by Gasteiger charge is 2.11. The number of hydrogen-bond acceptors (Lipinski definition) is 1. The lowest BCUT2D eigenvalue weighted by atomic mass is 9.92. The maximum atomic E-state index is 11.3. The van der Waals surface area contributed by atoms with Crippen LogP contribution in [0.25, 0.3) is 0 Å². The van der Waals surface area contributed by atoms with Crippen LogP contribution in [0.1, 0.15) is 34.1 Å². The Bertz CT molecular complexity index is 161. The van der Waals surface area contributed by atoms with E-state index in [0.29, 0.717) is 0 Å². The summed E-state index contributed by atoms with van der Waals surface area (Å²) in [5.74, 6) is 0. The molecule has 0 saturated carbocycles. The number of nitrogens with zero attached hydrogens (tertiary/aromatic N) is 1. The number of nitrogens with one attached hydrogen (secondary N) is 1. The van der Waals surface area contributed by atoms with Gasteiger partial charge < -0.3 is 10.2 Å². The fourth-order valence-corrected chi connectivity index (χ4v) is 0.823. The van der Waals surface area contributed by atoms with E-state index in [2.05, 4.69) is 26.1 Å². The highest BCUT2D eigenvalue weighted by Crippen LogP contribution is 2.16. The Morgan fingerprint density at radius 3 is 2.31 bits per heavy atom. The fourth-order valence-electron chi connectivity index (χ4n) is 0.823. The third-order valence-corrected chi connectivity index (χ3v) is 1.97. The molecule has 0 aliphatic carbocycles. The largest absolute Gasteiger partial charge is 0.338 e. The van der Waals surface area contributed by atoms with E-state index in [1.165, 1.54) is 0 Å². The summed E-state index contributed by atoms with van der Waals surface area (Å²) in [4.78, 5) is 12.9. The minimum absolute atomic E-state index is 0.0201. The lowest BCUT2D eigenvalue weighted by Crippen LogP contribution is -2.38. The summed E-state index contributed by atoms with van der Waals surface area (Å²) in [6.45, 7) is 9.98. The Labute approximate surface area is 81.5 Å². The molecule has 0 aromatic carbocycles. The van der Waals surface area contributed by atoms with Gasteiger partial charge in [-0.1, -0.05) is 20.8 Å². The van der Waals surface area contributed by atoms with Gasteiger partial charge in [0.25, 0.3) is 0 Å². The molecular weight excluding hydrogens is 164 g/mol. The van der Waals surface area contributed by atoms with Gasteiger partial charge in [0.15, 0.2) is 0 Å². The maximum absolute atomic E-state index is 11.3. The molecular formula is C10H22N2O. The second kappa shape index (κ2) is 5.10. The van der Waals surface area contributed by atoms with Crippen LogP contribution in [0.5, 0.6) is 0 Å². The van der Waals surface area contributed by atoms with E-state index in [9.17, 15) is 4.79 Å². The molecule has 0 unspecified atom stereocenters. The van der Waals surface area contributed by atoms with Gasteiger partial charge in [-0.2, -0.15) is 0 Å². The van der Waals surface area contributed by atoms with Gasteiger partial charge in [0.2, 0.25) is 0 Å². The summed E-state index contributed by atoms with van der Waals surface area (Å²) >= 11 is 0. The SMILES string of the molecule is CCN(C)C(=O)NCCC(C)(C)C. The molecule has 0 aromatic rings. The number of carbonyl (C=O) groups excluding carboxylic acids is 1. The summed E-state index contributed by atoms with van der Waals surface area (Å²) in [6, 6.07) is 0.0201. The minimum atomic E-state index is 0.0201. The summed E-state index contributed by atoms with van der Waals surface area (Å²) < 4.78 is 0. The summed E-state index contributed by atoms with van der Waals surface area (Å²) in [7, 11) is 1.80. The molecule has 2 amide bonds. The molecule has 0 fully saturated rings. The zero-order valence-corrected chi connectivity index (χ0v) is 9.48. The Hall–Kier alpha value is -0.730. The summed E-state index contributed by atoms with van der Waals surface area (Å²) in [5.41, 5.74) is 0.290. The average Bonchev–Trinajstić information content (AvgIpc) is 2.00.